The molecule has 0 unspecified atom stereocenters. The average molecular weight is 449 g/mol. The van der Waals surface area contributed by atoms with E-state index < -0.39 is 0 Å². The number of rotatable bonds is 12. The zero-order valence-corrected chi connectivity index (χ0v) is 19.7. The first-order chi connectivity index (χ1) is 16.1. The number of amides is 1. The molecular formula is C28H36N2O3. The lowest BCUT2D eigenvalue weighted by Crippen LogP contribution is -2.28. The van der Waals surface area contributed by atoms with E-state index in [1.165, 1.54) is 11.1 Å². The zero-order valence-electron chi connectivity index (χ0n) is 19.7. The summed E-state index contributed by atoms with van der Waals surface area (Å²) in [4.78, 5) is 25.9. The van der Waals surface area contributed by atoms with E-state index in [0.717, 1.165) is 44.6 Å². The van der Waals surface area contributed by atoms with Crippen LogP contribution in [0.25, 0.3) is 0 Å². The molecule has 1 amide bonds. The van der Waals surface area contributed by atoms with Crippen molar-refractivity contribution in [3.05, 3.63) is 77.4 Å². The van der Waals surface area contributed by atoms with E-state index in [1.54, 1.807) is 12.5 Å². The van der Waals surface area contributed by atoms with E-state index >= 15 is 0 Å². The molecule has 33 heavy (non-hydrogen) atoms. The van der Waals surface area contributed by atoms with E-state index in [0.29, 0.717) is 32.3 Å². The molecule has 1 heterocycles. The van der Waals surface area contributed by atoms with E-state index in [-0.39, 0.29) is 11.9 Å². The van der Waals surface area contributed by atoms with Gasteiger partial charge in [0.15, 0.2) is 0 Å². The number of aryl methyl sites for hydroxylation is 1. The third-order valence-electron chi connectivity index (χ3n) is 5.95. The Hall–Kier alpha value is -2.92. The maximum Gasteiger partial charge on any atom is 0.305 e. The van der Waals surface area contributed by atoms with Crippen LogP contribution in [0.2, 0.25) is 0 Å². The van der Waals surface area contributed by atoms with E-state index in [1.807, 2.05) is 12.1 Å². The van der Waals surface area contributed by atoms with Gasteiger partial charge < -0.3 is 10.1 Å². The average Bonchev–Trinajstić information content (AvgIpc) is 2.83. The van der Waals surface area contributed by atoms with Gasteiger partial charge in [0, 0.05) is 38.2 Å². The van der Waals surface area contributed by atoms with Gasteiger partial charge in [-0.15, -0.1) is 0 Å². The lowest BCUT2D eigenvalue weighted by atomic mass is 9.99. The predicted molar refractivity (Wildman–Crippen MR) is 133 cm³/mol. The first kappa shape index (κ1) is 24.7. The molecule has 176 valence electrons. The second kappa shape index (κ2) is 13.6. The number of unbranched alkanes of at least 4 members (excludes halogenated alkanes) is 1. The Labute approximate surface area is 197 Å². The molecular weight excluding hydrogens is 412 g/mol. The molecule has 0 radical (unpaired) electrons. The molecule has 5 nitrogen and oxygen atoms in total. The number of benzene rings is 2. The normalized spacial score (nSPS) is 13.9. The van der Waals surface area contributed by atoms with Gasteiger partial charge in [-0.1, -0.05) is 54.1 Å². The van der Waals surface area contributed by atoms with Gasteiger partial charge in [0.1, 0.15) is 0 Å². The van der Waals surface area contributed by atoms with Crippen LogP contribution in [0.15, 0.2) is 66.2 Å². The first-order valence-corrected chi connectivity index (χ1v) is 12.1. The molecule has 3 rings (SSSR count). The fourth-order valence-electron chi connectivity index (χ4n) is 4.04. The smallest absolute Gasteiger partial charge is 0.305 e. The van der Waals surface area contributed by atoms with Crippen LogP contribution < -0.4 is 5.32 Å². The minimum Gasteiger partial charge on any atom is -0.466 e. The van der Waals surface area contributed by atoms with Crippen LogP contribution in [-0.4, -0.2) is 36.5 Å². The first-order valence-electron chi connectivity index (χ1n) is 12.1. The van der Waals surface area contributed by atoms with Crippen LogP contribution in [-0.2, 0) is 27.3 Å². The van der Waals surface area contributed by atoms with Crippen LogP contribution in [0, 0.1) is 0 Å². The van der Waals surface area contributed by atoms with Gasteiger partial charge >= 0.3 is 5.97 Å². The summed E-state index contributed by atoms with van der Waals surface area (Å²) in [5.74, 6) is -0.207. The van der Waals surface area contributed by atoms with Gasteiger partial charge in [0.2, 0.25) is 5.91 Å². The molecule has 2 aromatic carbocycles. The molecule has 5 heteroatoms. The Kier molecular flexibility index (Phi) is 10.2. The number of ether oxygens (including phenoxy) is 1. The maximum absolute atomic E-state index is 12.1. The summed E-state index contributed by atoms with van der Waals surface area (Å²) in [6, 6.07) is 18.8. The quantitative estimate of drug-likeness (QED) is 0.264. The van der Waals surface area contributed by atoms with Gasteiger partial charge in [-0.25, -0.2) is 0 Å². The van der Waals surface area contributed by atoms with Crippen molar-refractivity contribution in [2.45, 2.75) is 58.4 Å². The molecule has 0 fully saturated rings. The highest BCUT2D eigenvalue weighted by atomic mass is 16.5. The monoisotopic (exact) mass is 448 g/mol. The van der Waals surface area contributed by atoms with Crippen molar-refractivity contribution in [1.29, 1.82) is 0 Å². The van der Waals surface area contributed by atoms with Gasteiger partial charge in [0.25, 0.3) is 0 Å². The van der Waals surface area contributed by atoms with Crippen molar-refractivity contribution >= 4 is 17.6 Å². The molecule has 0 atom stereocenters. The molecule has 2 aromatic rings. The van der Waals surface area contributed by atoms with Crippen LogP contribution in [0.1, 0.15) is 56.6 Å². The number of hydrogen-bond acceptors (Lipinski definition) is 4. The largest absolute Gasteiger partial charge is 0.466 e. The Morgan fingerprint density at radius 1 is 0.939 bits per heavy atom. The van der Waals surface area contributed by atoms with Crippen LogP contribution in [0.4, 0.5) is 5.69 Å². The zero-order chi connectivity index (χ0) is 23.3. The van der Waals surface area contributed by atoms with Crippen molar-refractivity contribution in [3.63, 3.8) is 0 Å². The van der Waals surface area contributed by atoms with E-state index in [4.69, 9.17) is 4.74 Å². The SMILES string of the molecule is CCOC(=O)CCCCC(=O)Nc1ccc(CCC2=CCN(Cc3ccccc3)CC2)cc1. The van der Waals surface area contributed by atoms with Crippen LogP contribution in [0.3, 0.4) is 0 Å². The number of nitrogens with one attached hydrogen (secondary N) is 1. The topological polar surface area (TPSA) is 58.6 Å². The fourth-order valence-corrected chi connectivity index (χ4v) is 4.04. The molecule has 0 saturated carbocycles. The summed E-state index contributed by atoms with van der Waals surface area (Å²) in [6.45, 7) is 5.36. The highest BCUT2D eigenvalue weighted by Crippen LogP contribution is 2.20. The van der Waals surface area contributed by atoms with E-state index in [2.05, 4.69) is 58.8 Å². The third kappa shape index (κ3) is 9.22. The summed E-state index contributed by atoms with van der Waals surface area (Å²) < 4.78 is 4.90. The fraction of sp³-hybridized carbons (Fsp3) is 0.429. The van der Waals surface area contributed by atoms with Crippen molar-refractivity contribution in [2.24, 2.45) is 0 Å². The number of carbonyl (C=O) groups excluding carboxylic acids is 2. The molecule has 1 N–H and O–H groups in total. The highest BCUT2D eigenvalue weighted by Gasteiger charge is 2.12. The predicted octanol–water partition coefficient (Wildman–Crippen LogP) is 5.51. The Bertz CT molecular complexity index is 906. The second-order valence-electron chi connectivity index (χ2n) is 8.59. The summed E-state index contributed by atoms with van der Waals surface area (Å²) in [5.41, 5.74) is 5.02. The van der Waals surface area contributed by atoms with Crippen molar-refractivity contribution < 1.29 is 14.3 Å². The number of anilines is 1. The molecule has 0 spiro atoms. The summed E-state index contributed by atoms with van der Waals surface area (Å²) in [6.07, 6.45) is 7.78. The van der Waals surface area contributed by atoms with Crippen molar-refractivity contribution in [2.75, 3.05) is 25.0 Å². The molecule has 0 aromatic heterocycles. The number of nitrogens with zero attached hydrogens (tertiary/aromatic N) is 1. The summed E-state index contributed by atoms with van der Waals surface area (Å²) in [7, 11) is 0. The van der Waals surface area contributed by atoms with Crippen LogP contribution >= 0.6 is 0 Å². The Morgan fingerprint density at radius 2 is 1.70 bits per heavy atom. The maximum atomic E-state index is 12.1. The highest BCUT2D eigenvalue weighted by molar-refractivity contribution is 5.90. The van der Waals surface area contributed by atoms with Gasteiger partial charge in [-0.3, -0.25) is 14.5 Å². The second-order valence-corrected chi connectivity index (χ2v) is 8.59. The molecule has 0 saturated heterocycles. The number of hydrogen-bond donors (Lipinski definition) is 1. The third-order valence-corrected chi connectivity index (χ3v) is 5.95. The standard InChI is InChI=1S/C28H36N2O3/c1-2-33-28(32)11-7-6-10-27(31)29-26-16-14-23(15-17-26)12-13-24-18-20-30(21-19-24)22-25-8-4-3-5-9-25/h3-5,8-9,14-18H,2,6-7,10-13,19-22H2,1H3,(H,29,31). The minimum absolute atomic E-state index is 0.0148. The number of esters is 1. The lowest BCUT2D eigenvalue weighted by molar-refractivity contribution is -0.143. The molecule has 0 bridgehead atoms. The van der Waals surface area contributed by atoms with Crippen molar-refractivity contribution in [3.8, 4) is 0 Å². The van der Waals surface area contributed by atoms with E-state index in [9.17, 15) is 9.59 Å². The molecule has 0 aliphatic carbocycles. The molecule has 1 aliphatic rings. The molecule has 1 aliphatic heterocycles. The van der Waals surface area contributed by atoms with Gasteiger partial charge in [-0.2, -0.15) is 0 Å². The van der Waals surface area contributed by atoms with Crippen molar-refractivity contribution in [1.82, 2.24) is 4.90 Å². The van der Waals surface area contributed by atoms with Gasteiger partial charge in [0.05, 0.1) is 6.61 Å². The number of carbonyl (C=O) groups is 2. The summed E-state index contributed by atoms with van der Waals surface area (Å²) >= 11 is 0. The Morgan fingerprint density at radius 3 is 2.39 bits per heavy atom. The summed E-state index contributed by atoms with van der Waals surface area (Å²) in [5, 5.41) is 2.94. The minimum atomic E-state index is -0.193. The van der Waals surface area contributed by atoms with Gasteiger partial charge in [-0.05, 0) is 62.3 Å². The lowest BCUT2D eigenvalue weighted by Gasteiger charge is -2.26. The van der Waals surface area contributed by atoms with Crippen LogP contribution in [0.5, 0.6) is 0 Å². The Balaban J connectivity index is 1.33.